The molecule has 6 heteroatoms. The van der Waals surface area contributed by atoms with Gasteiger partial charge in [0.1, 0.15) is 5.82 Å². The summed E-state index contributed by atoms with van der Waals surface area (Å²) in [5.41, 5.74) is 2.45. The standard InChI is InChI=1S/C21H22FN3O2/c22-19-4-2-1-3-18(19)16-9-11-24(14-16)20(26)13-15-5-7-17(8-6-15)25-12-10-23-21(25)27/h1-8,16H,9-14H2,(H,23,27)/t16-/m0/s1. The van der Waals surface area contributed by atoms with Gasteiger partial charge in [-0.25, -0.2) is 9.18 Å². The number of carbonyl (C=O) groups is 2. The summed E-state index contributed by atoms with van der Waals surface area (Å²) in [5.74, 6) is -0.0787. The molecule has 5 nitrogen and oxygen atoms in total. The summed E-state index contributed by atoms with van der Waals surface area (Å²) in [7, 11) is 0. The van der Waals surface area contributed by atoms with Gasteiger partial charge in [0.2, 0.25) is 5.91 Å². The molecule has 2 heterocycles. The second kappa shape index (κ2) is 7.39. The highest BCUT2D eigenvalue weighted by Crippen LogP contribution is 2.29. The number of urea groups is 1. The van der Waals surface area contributed by atoms with Crippen LogP contribution in [0.1, 0.15) is 23.5 Å². The van der Waals surface area contributed by atoms with E-state index in [-0.39, 0.29) is 23.7 Å². The van der Waals surface area contributed by atoms with Crippen molar-refractivity contribution in [2.24, 2.45) is 0 Å². The van der Waals surface area contributed by atoms with Gasteiger partial charge in [0.15, 0.2) is 0 Å². The van der Waals surface area contributed by atoms with Crippen LogP contribution in [0.25, 0.3) is 0 Å². The van der Waals surface area contributed by atoms with Crippen molar-refractivity contribution in [1.29, 1.82) is 0 Å². The molecule has 0 spiro atoms. The van der Waals surface area contributed by atoms with Crippen molar-refractivity contribution >= 4 is 17.6 Å². The minimum Gasteiger partial charge on any atom is -0.342 e. The molecular weight excluding hydrogens is 345 g/mol. The molecule has 2 aliphatic rings. The summed E-state index contributed by atoms with van der Waals surface area (Å²) in [6.45, 7) is 2.52. The van der Waals surface area contributed by atoms with Crippen LogP contribution >= 0.6 is 0 Å². The minimum atomic E-state index is -0.196. The Balaban J connectivity index is 1.37. The second-order valence-corrected chi connectivity index (χ2v) is 7.07. The Labute approximate surface area is 157 Å². The van der Waals surface area contributed by atoms with E-state index >= 15 is 0 Å². The van der Waals surface area contributed by atoms with E-state index in [1.165, 1.54) is 6.07 Å². The summed E-state index contributed by atoms with van der Waals surface area (Å²) in [5, 5.41) is 2.77. The third-order valence-electron chi connectivity index (χ3n) is 5.35. The summed E-state index contributed by atoms with van der Waals surface area (Å²) in [4.78, 5) is 27.8. The molecule has 1 N–H and O–H groups in total. The number of rotatable bonds is 4. The topological polar surface area (TPSA) is 52.7 Å². The molecule has 2 aromatic rings. The van der Waals surface area contributed by atoms with Gasteiger partial charge in [-0.3, -0.25) is 9.69 Å². The Morgan fingerprint density at radius 3 is 2.59 bits per heavy atom. The summed E-state index contributed by atoms with van der Waals surface area (Å²) in [6, 6.07) is 14.3. The number of benzene rings is 2. The summed E-state index contributed by atoms with van der Waals surface area (Å²) in [6.07, 6.45) is 1.10. The number of hydrogen-bond donors (Lipinski definition) is 1. The maximum atomic E-state index is 14.0. The van der Waals surface area contributed by atoms with Gasteiger partial charge in [-0.15, -0.1) is 0 Å². The van der Waals surface area contributed by atoms with Crippen molar-refractivity contribution in [2.45, 2.75) is 18.8 Å². The van der Waals surface area contributed by atoms with Crippen LogP contribution in [0.15, 0.2) is 48.5 Å². The van der Waals surface area contributed by atoms with Gasteiger partial charge in [-0.2, -0.15) is 0 Å². The predicted molar refractivity (Wildman–Crippen MR) is 101 cm³/mol. The first-order valence-corrected chi connectivity index (χ1v) is 9.28. The van der Waals surface area contributed by atoms with Crippen LogP contribution in [-0.4, -0.2) is 43.0 Å². The van der Waals surface area contributed by atoms with Crippen molar-refractivity contribution in [3.05, 3.63) is 65.5 Å². The molecule has 3 amide bonds. The molecule has 0 bridgehead atoms. The van der Waals surface area contributed by atoms with Gasteiger partial charge < -0.3 is 10.2 Å². The second-order valence-electron chi connectivity index (χ2n) is 7.07. The smallest absolute Gasteiger partial charge is 0.321 e. The zero-order valence-corrected chi connectivity index (χ0v) is 15.0. The van der Waals surface area contributed by atoms with Crippen LogP contribution in [0.4, 0.5) is 14.9 Å². The number of amides is 3. The third kappa shape index (κ3) is 3.65. The van der Waals surface area contributed by atoms with Crippen LogP contribution in [0.3, 0.4) is 0 Å². The van der Waals surface area contributed by atoms with E-state index in [1.54, 1.807) is 17.0 Å². The van der Waals surface area contributed by atoms with Crippen LogP contribution in [-0.2, 0) is 11.2 Å². The molecule has 27 heavy (non-hydrogen) atoms. The number of nitrogens with zero attached hydrogens (tertiary/aromatic N) is 2. The molecule has 0 saturated carbocycles. The molecule has 4 rings (SSSR count). The summed E-state index contributed by atoms with van der Waals surface area (Å²) >= 11 is 0. The van der Waals surface area contributed by atoms with Crippen molar-refractivity contribution in [2.75, 3.05) is 31.1 Å². The maximum Gasteiger partial charge on any atom is 0.321 e. The Bertz CT molecular complexity index is 853. The number of anilines is 1. The van der Waals surface area contributed by atoms with Crippen LogP contribution in [0.5, 0.6) is 0 Å². The SMILES string of the molecule is O=C(Cc1ccc(N2CCNC2=O)cc1)N1CC[C@H](c2ccccc2F)C1. The molecule has 0 aliphatic carbocycles. The Hall–Kier alpha value is -2.89. The molecule has 2 saturated heterocycles. The maximum absolute atomic E-state index is 14.0. The highest BCUT2D eigenvalue weighted by molar-refractivity contribution is 5.94. The van der Waals surface area contributed by atoms with Crippen molar-refractivity contribution < 1.29 is 14.0 Å². The molecular formula is C21H22FN3O2. The van der Waals surface area contributed by atoms with Gasteiger partial charge in [-0.05, 0) is 35.7 Å². The van der Waals surface area contributed by atoms with E-state index < -0.39 is 0 Å². The van der Waals surface area contributed by atoms with Gasteiger partial charge >= 0.3 is 6.03 Å². The monoisotopic (exact) mass is 367 g/mol. The Morgan fingerprint density at radius 2 is 1.89 bits per heavy atom. The van der Waals surface area contributed by atoms with E-state index in [9.17, 15) is 14.0 Å². The van der Waals surface area contributed by atoms with Crippen molar-refractivity contribution in [3.8, 4) is 0 Å². The molecule has 2 aliphatic heterocycles. The van der Waals surface area contributed by atoms with Crippen LogP contribution in [0.2, 0.25) is 0 Å². The van der Waals surface area contributed by atoms with E-state index in [1.807, 2.05) is 35.2 Å². The average Bonchev–Trinajstić information content (AvgIpc) is 3.32. The highest BCUT2D eigenvalue weighted by atomic mass is 19.1. The Morgan fingerprint density at radius 1 is 1.11 bits per heavy atom. The number of hydrogen-bond acceptors (Lipinski definition) is 2. The number of carbonyl (C=O) groups excluding carboxylic acids is 2. The molecule has 0 aromatic heterocycles. The van der Waals surface area contributed by atoms with E-state index in [4.69, 9.17) is 0 Å². The van der Waals surface area contributed by atoms with E-state index in [0.717, 1.165) is 17.7 Å². The molecule has 2 aromatic carbocycles. The first-order valence-electron chi connectivity index (χ1n) is 9.28. The van der Waals surface area contributed by atoms with E-state index in [0.29, 0.717) is 38.2 Å². The van der Waals surface area contributed by atoms with Gasteiger partial charge in [0, 0.05) is 37.8 Å². The zero-order chi connectivity index (χ0) is 18.8. The lowest BCUT2D eigenvalue weighted by atomic mass is 9.98. The molecule has 1 atom stereocenters. The fourth-order valence-corrected chi connectivity index (χ4v) is 3.84. The predicted octanol–water partition coefficient (Wildman–Crippen LogP) is 2.91. The lowest BCUT2D eigenvalue weighted by Gasteiger charge is -2.18. The van der Waals surface area contributed by atoms with Gasteiger partial charge in [0.05, 0.1) is 6.42 Å². The average molecular weight is 367 g/mol. The molecule has 140 valence electrons. The fourth-order valence-electron chi connectivity index (χ4n) is 3.84. The molecule has 0 unspecified atom stereocenters. The quantitative estimate of drug-likeness (QED) is 0.903. The largest absolute Gasteiger partial charge is 0.342 e. The first-order chi connectivity index (χ1) is 13.1. The van der Waals surface area contributed by atoms with Crippen LogP contribution in [0, 0.1) is 5.82 Å². The number of halogens is 1. The molecule has 2 fully saturated rings. The normalized spacial score (nSPS) is 19.4. The zero-order valence-electron chi connectivity index (χ0n) is 15.0. The fraction of sp³-hybridized carbons (Fsp3) is 0.333. The Kier molecular flexibility index (Phi) is 4.79. The lowest BCUT2D eigenvalue weighted by Crippen LogP contribution is -2.30. The number of likely N-dealkylation sites (tertiary alicyclic amines) is 1. The minimum absolute atomic E-state index is 0.0560. The first kappa shape index (κ1) is 17.5. The summed E-state index contributed by atoms with van der Waals surface area (Å²) < 4.78 is 14.0. The van der Waals surface area contributed by atoms with Gasteiger partial charge in [-0.1, -0.05) is 30.3 Å². The highest BCUT2D eigenvalue weighted by Gasteiger charge is 2.28. The molecule has 0 radical (unpaired) electrons. The van der Waals surface area contributed by atoms with Gasteiger partial charge in [0.25, 0.3) is 0 Å². The van der Waals surface area contributed by atoms with Crippen molar-refractivity contribution in [1.82, 2.24) is 10.2 Å². The number of nitrogens with one attached hydrogen (secondary N) is 1. The lowest BCUT2D eigenvalue weighted by molar-refractivity contribution is -0.129. The van der Waals surface area contributed by atoms with Crippen LogP contribution < -0.4 is 10.2 Å². The van der Waals surface area contributed by atoms with Crippen molar-refractivity contribution in [3.63, 3.8) is 0 Å². The third-order valence-corrected chi connectivity index (χ3v) is 5.35. The van der Waals surface area contributed by atoms with E-state index in [2.05, 4.69) is 5.32 Å².